The van der Waals surface area contributed by atoms with Crippen LogP contribution in [0.2, 0.25) is 0 Å². The van der Waals surface area contributed by atoms with Crippen LogP contribution in [0, 0.1) is 5.92 Å². The van der Waals surface area contributed by atoms with E-state index in [0.29, 0.717) is 18.5 Å². The van der Waals surface area contributed by atoms with Crippen LogP contribution in [-0.2, 0) is 4.79 Å². The number of hydrogen-bond acceptors (Lipinski definition) is 3. The maximum Gasteiger partial charge on any atom is 0.236 e. The number of hydrogen-bond donors (Lipinski definition) is 1. The van der Waals surface area contributed by atoms with Gasteiger partial charge in [0.1, 0.15) is 0 Å². The Balaban J connectivity index is 1.82. The molecule has 1 aliphatic carbocycles. The van der Waals surface area contributed by atoms with Crippen LogP contribution in [0.5, 0.6) is 0 Å². The van der Waals surface area contributed by atoms with E-state index in [4.69, 9.17) is 5.11 Å². The van der Waals surface area contributed by atoms with Gasteiger partial charge in [-0.15, -0.1) is 0 Å². The number of carbonyl (C=O) groups excluding carboxylic acids is 1. The summed E-state index contributed by atoms with van der Waals surface area (Å²) in [6.07, 6.45) is 6.90. The fraction of sp³-hybridized carbons (Fsp3) is 0.933. The Kier molecular flexibility index (Phi) is 5.64. The topological polar surface area (TPSA) is 43.8 Å². The van der Waals surface area contributed by atoms with Crippen LogP contribution in [0.1, 0.15) is 45.4 Å². The average molecular weight is 268 g/mol. The average Bonchev–Trinajstić information content (AvgIpc) is 2.33. The number of aliphatic hydroxyl groups excluding tert-OH is 1. The van der Waals surface area contributed by atoms with E-state index in [1.165, 1.54) is 25.7 Å². The van der Waals surface area contributed by atoms with E-state index in [9.17, 15) is 4.79 Å². The molecule has 19 heavy (non-hydrogen) atoms. The molecule has 0 aromatic rings. The molecule has 1 aliphatic heterocycles. The lowest BCUT2D eigenvalue weighted by atomic mass is 9.91. The molecule has 1 amide bonds. The third kappa shape index (κ3) is 4.18. The second-order valence-electron chi connectivity index (χ2n) is 6.22. The molecule has 1 heterocycles. The van der Waals surface area contributed by atoms with Gasteiger partial charge in [0.25, 0.3) is 0 Å². The highest BCUT2D eigenvalue weighted by Gasteiger charge is 2.28. The summed E-state index contributed by atoms with van der Waals surface area (Å²) in [5, 5.41) is 8.98. The Morgan fingerprint density at radius 1 is 1.32 bits per heavy atom. The smallest absolute Gasteiger partial charge is 0.236 e. The number of piperidine rings is 1. The Morgan fingerprint density at radius 2 is 2.11 bits per heavy atom. The van der Waals surface area contributed by atoms with Crippen LogP contribution >= 0.6 is 0 Å². The summed E-state index contributed by atoms with van der Waals surface area (Å²) in [5.74, 6) is 0.934. The van der Waals surface area contributed by atoms with Crippen LogP contribution in [0.25, 0.3) is 0 Å². The van der Waals surface area contributed by atoms with Gasteiger partial charge in [0.05, 0.1) is 6.54 Å². The molecule has 2 aliphatic rings. The number of carbonyl (C=O) groups is 1. The van der Waals surface area contributed by atoms with Gasteiger partial charge in [-0.25, -0.2) is 0 Å². The van der Waals surface area contributed by atoms with Gasteiger partial charge >= 0.3 is 0 Å². The molecule has 2 rings (SSSR count). The fourth-order valence-electron chi connectivity index (χ4n) is 3.11. The number of nitrogens with zero attached hydrogens (tertiary/aromatic N) is 2. The summed E-state index contributed by atoms with van der Waals surface area (Å²) >= 11 is 0. The van der Waals surface area contributed by atoms with E-state index in [1.54, 1.807) is 0 Å². The zero-order chi connectivity index (χ0) is 13.7. The number of rotatable bonds is 6. The van der Waals surface area contributed by atoms with E-state index in [-0.39, 0.29) is 12.5 Å². The zero-order valence-electron chi connectivity index (χ0n) is 12.2. The van der Waals surface area contributed by atoms with Crippen molar-refractivity contribution >= 4 is 5.91 Å². The first-order chi connectivity index (χ1) is 9.20. The minimum Gasteiger partial charge on any atom is -0.396 e. The van der Waals surface area contributed by atoms with E-state index < -0.39 is 0 Å². The van der Waals surface area contributed by atoms with E-state index in [2.05, 4.69) is 11.8 Å². The van der Waals surface area contributed by atoms with Crippen molar-refractivity contribution in [1.29, 1.82) is 0 Å². The van der Waals surface area contributed by atoms with E-state index in [1.807, 2.05) is 4.90 Å². The molecule has 0 bridgehead atoms. The Hall–Kier alpha value is -0.610. The SMILES string of the molecule is CC1CCCN(C(=O)CN(CCCO)C2CCC2)C1. The highest BCUT2D eigenvalue weighted by atomic mass is 16.3. The van der Waals surface area contributed by atoms with Gasteiger partial charge in [-0.1, -0.05) is 13.3 Å². The minimum absolute atomic E-state index is 0.220. The van der Waals surface area contributed by atoms with Crippen LogP contribution < -0.4 is 0 Å². The standard InChI is InChI=1S/C15H28N2O2/c1-13-5-3-8-17(11-13)15(19)12-16(9-4-10-18)14-6-2-7-14/h13-14,18H,2-12H2,1H3. The van der Waals surface area contributed by atoms with Gasteiger partial charge in [0.2, 0.25) is 5.91 Å². The van der Waals surface area contributed by atoms with Crippen LogP contribution in [0.4, 0.5) is 0 Å². The van der Waals surface area contributed by atoms with Gasteiger partial charge in [-0.05, 0) is 38.0 Å². The maximum absolute atomic E-state index is 12.4. The van der Waals surface area contributed by atoms with Crippen molar-refractivity contribution < 1.29 is 9.90 Å². The molecule has 1 saturated carbocycles. The van der Waals surface area contributed by atoms with Crippen molar-refractivity contribution in [1.82, 2.24) is 9.80 Å². The van der Waals surface area contributed by atoms with Gasteiger partial charge in [0.15, 0.2) is 0 Å². The zero-order valence-corrected chi connectivity index (χ0v) is 12.2. The lowest BCUT2D eigenvalue weighted by Crippen LogP contribution is -2.49. The van der Waals surface area contributed by atoms with Gasteiger partial charge in [0, 0.05) is 32.3 Å². The third-order valence-electron chi connectivity index (χ3n) is 4.54. The number of amides is 1. The quantitative estimate of drug-likeness (QED) is 0.793. The molecule has 0 radical (unpaired) electrons. The largest absolute Gasteiger partial charge is 0.396 e. The molecular formula is C15H28N2O2. The van der Waals surface area contributed by atoms with Crippen molar-refractivity contribution in [3.8, 4) is 0 Å². The second kappa shape index (κ2) is 7.25. The predicted molar refractivity (Wildman–Crippen MR) is 75.9 cm³/mol. The highest BCUT2D eigenvalue weighted by Crippen LogP contribution is 2.25. The molecule has 0 aromatic carbocycles. The highest BCUT2D eigenvalue weighted by molar-refractivity contribution is 5.78. The molecular weight excluding hydrogens is 240 g/mol. The van der Waals surface area contributed by atoms with E-state index >= 15 is 0 Å². The molecule has 1 atom stereocenters. The minimum atomic E-state index is 0.220. The second-order valence-corrected chi connectivity index (χ2v) is 6.22. The Labute approximate surface area is 116 Å². The summed E-state index contributed by atoms with van der Waals surface area (Å²) in [6.45, 7) is 5.72. The summed E-state index contributed by atoms with van der Waals surface area (Å²) in [4.78, 5) is 16.7. The summed E-state index contributed by atoms with van der Waals surface area (Å²) < 4.78 is 0. The lowest BCUT2D eigenvalue weighted by Gasteiger charge is -2.39. The lowest BCUT2D eigenvalue weighted by molar-refractivity contribution is -0.135. The first-order valence-corrected chi connectivity index (χ1v) is 7.83. The molecule has 0 spiro atoms. The normalized spacial score (nSPS) is 24.6. The molecule has 110 valence electrons. The Bertz CT molecular complexity index is 292. The van der Waals surface area contributed by atoms with Gasteiger partial charge in [-0.3, -0.25) is 9.69 Å². The molecule has 2 fully saturated rings. The Morgan fingerprint density at radius 3 is 2.68 bits per heavy atom. The van der Waals surface area contributed by atoms with E-state index in [0.717, 1.165) is 32.5 Å². The molecule has 4 nitrogen and oxygen atoms in total. The van der Waals surface area contributed by atoms with Crippen LogP contribution in [0.3, 0.4) is 0 Å². The number of aliphatic hydroxyl groups is 1. The van der Waals surface area contributed by atoms with Crippen LogP contribution in [-0.4, -0.2) is 59.6 Å². The van der Waals surface area contributed by atoms with Crippen molar-refractivity contribution in [2.45, 2.75) is 51.5 Å². The maximum atomic E-state index is 12.4. The van der Waals surface area contributed by atoms with Crippen molar-refractivity contribution in [3.63, 3.8) is 0 Å². The first-order valence-electron chi connectivity index (χ1n) is 7.83. The third-order valence-corrected chi connectivity index (χ3v) is 4.54. The van der Waals surface area contributed by atoms with Gasteiger partial charge in [-0.2, -0.15) is 0 Å². The predicted octanol–water partition coefficient (Wildman–Crippen LogP) is 1.48. The molecule has 4 heteroatoms. The van der Waals surface area contributed by atoms with Crippen LogP contribution in [0.15, 0.2) is 0 Å². The van der Waals surface area contributed by atoms with Gasteiger partial charge < -0.3 is 10.0 Å². The fourth-order valence-corrected chi connectivity index (χ4v) is 3.11. The molecule has 0 aromatic heterocycles. The summed E-state index contributed by atoms with van der Waals surface area (Å²) in [5.41, 5.74) is 0. The van der Waals surface area contributed by atoms with Crippen molar-refractivity contribution in [3.05, 3.63) is 0 Å². The van der Waals surface area contributed by atoms with Crippen molar-refractivity contribution in [2.24, 2.45) is 5.92 Å². The first kappa shape index (κ1) is 14.8. The molecule has 1 unspecified atom stereocenters. The molecule has 1 N–H and O–H groups in total. The summed E-state index contributed by atoms with van der Waals surface area (Å²) in [6, 6.07) is 0.581. The summed E-state index contributed by atoms with van der Waals surface area (Å²) in [7, 11) is 0. The van der Waals surface area contributed by atoms with Crippen molar-refractivity contribution in [2.75, 3.05) is 32.8 Å². The number of likely N-dealkylation sites (tertiary alicyclic amines) is 1. The monoisotopic (exact) mass is 268 g/mol. The molecule has 1 saturated heterocycles.